The van der Waals surface area contributed by atoms with Crippen molar-refractivity contribution in [2.24, 2.45) is 5.92 Å². The SMILES string of the molecule is CCOCCC1(C)CCC(C(C)C)S1. The second-order valence-corrected chi connectivity index (χ2v) is 6.66. The molecule has 0 N–H and O–H groups in total. The van der Waals surface area contributed by atoms with Crippen LogP contribution in [-0.2, 0) is 4.74 Å². The first-order valence-corrected chi connectivity index (χ1v) is 6.71. The number of hydrogen-bond donors (Lipinski definition) is 0. The van der Waals surface area contributed by atoms with E-state index >= 15 is 0 Å². The van der Waals surface area contributed by atoms with Gasteiger partial charge in [0.2, 0.25) is 0 Å². The van der Waals surface area contributed by atoms with Crippen molar-refractivity contribution in [3.8, 4) is 0 Å². The zero-order valence-electron chi connectivity index (χ0n) is 10.0. The maximum Gasteiger partial charge on any atom is 0.0479 e. The van der Waals surface area contributed by atoms with Crippen LogP contribution in [0.4, 0.5) is 0 Å². The Labute approximate surface area is 93.0 Å². The van der Waals surface area contributed by atoms with E-state index in [0.29, 0.717) is 4.75 Å². The van der Waals surface area contributed by atoms with Crippen LogP contribution in [-0.4, -0.2) is 23.2 Å². The minimum atomic E-state index is 0.490. The monoisotopic (exact) mass is 216 g/mol. The molecule has 1 heterocycles. The minimum absolute atomic E-state index is 0.490. The molecule has 0 spiro atoms. The van der Waals surface area contributed by atoms with E-state index in [4.69, 9.17) is 4.74 Å². The van der Waals surface area contributed by atoms with E-state index in [-0.39, 0.29) is 0 Å². The average Bonchev–Trinajstić information content (AvgIpc) is 2.49. The van der Waals surface area contributed by atoms with Gasteiger partial charge in [-0.1, -0.05) is 20.8 Å². The van der Waals surface area contributed by atoms with Gasteiger partial charge in [0.15, 0.2) is 0 Å². The van der Waals surface area contributed by atoms with E-state index in [9.17, 15) is 0 Å². The van der Waals surface area contributed by atoms with Gasteiger partial charge in [-0.05, 0) is 32.1 Å². The predicted molar refractivity (Wildman–Crippen MR) is 65.0 cm³/mol. The van der Waals surface area contributed by atoms with Crippen LogP contribution < -0.4 is 0 Å². The molecule has 1 nitrogen and oxygen atoms in total. The molecule has 0 aliphatic carbocycles. The quantitative estimate of drug-likeness (QED) is 0.648. The molecule has 0 aromatic carbocycles. The molecule has 0 aromatic heterocycles. The lowest BCUT2D eigenvalue weighted by Gasteiger charge is -2.24. The summed E-state index contributed by atoms with van der Waals surface area (Å²) in [6, 6.07) is 0. The fraction of sp³-hybridized carbons (Fsp3) is 1.00. The Kier molecular flexibility index (Phi) is 4.78. The number of hydrogen-bond acceptors (Lipinski definition) is 2. The fourth-order valence-electron chi connectivity index (χ4n) is 2.02. The Morgan fingerprint density at radius 3 is 2.71 bits per heavy atom. The van der Waals surface area contributed by atoms with Crippen molar-refractivity contribution in [2.45, 2.75) is 57.0 Å². The predicted octanol–water partition coefficient (Wildman–Crippen LogP) is 3.72. The third-order valence-electron chi connectivity index (χ3n) is 3.12. The third-order valence-corrected chi connectivity index (χ3v) is 5.18. The highest BCUT2D eigenvalue weighted by molar-refractivity contribution is 8.01. The summed E-state index contributed by atoms with van der Waals surface area (Å²) in [5.41, 5.74) is 0. The molecule has 1 fully saturated rings. The molecular weight excluding hydrogens is 192 g/mol. The summed E-state index contributed by atoms with van der Waals surface area (Å²) < 4.78 is 5.93. The summed E-state index contributed by atoms with van der Waals surface area (Å²) in [7, 11) is 0. The van der Waals surface area contributed by atoms with Crippen molar-refractivity contribution < 1.29 is 4.74 Å². The molecule has 2 unspecified atom stereocenters. The van der Waals surface area contributed by atoms with Crippen LogP contribution in [0.15, 0.2) is 0 Å². The third kappa shape index (κ3) is 3.47. The summed E-state index contributed by atoms with van der Waals surface area (Å²) in [6.07, 6.45) is 3.98. The van der Waals surface area contributed by atoms with Gasteiger partial charge >= 0.3 is 0 Å². The van der Waals surface area contributed by atoms with Gasteiger partial charge < -0.3 is 4.74 Å². The zero-order valence-corrected chi connectivity index (χ0v) is 10.8. The molecule has 0 aromatic rings. The first-order chi connectivity index (χ1) is 6.57. The summed E-state index contributed by atoms with van der Waals surface area (Å²) in [4.78, 5) is 0. The van der Waals surface area contributed by atoms with Crippen LogP contribution in [0.3, 0.4) is 0 Å². The summed E-state index contributed by atoms with van der Waals surface area (Å²) in [5, 5.41) is 0.877. The molecule has 1 aliphatic heterocycles. The van der Waals surface area contributed by atoms with Crippen LogP contribution in [0.25, 0.3) is 0 Å². The summed E-state index contributed by atoms with van der Waals surface area (Å²) >= 11 is 2.19. The fourth-order valence-corrected chi connectivity index (χ4v) is 3.69. The number of ether oxygens (including phenoxy) is 1. The highest BCUT2D eigenvalue weighted by Crippen LogP contribution is 2.47. The van der Waals surface area contributed by atoms with Gasteiger partial charge in [0.05, 0.1) is 0 Å². The molecule has 1 rings (SSSR count). The highest BCUT2D eigenvalue weighted by Gasteiger charge is 2.36. The minimum Gasteiger partial charge on any atom is -0.382 e. The lowest BCUT2D eigenvalue weighted by atomic mass is 9.97. The molecule has 0 bridgehead atoms. The molecule has 2 atom stereocenters. The molecule has 0 radical (unpaired) electrons. The van der Waals surface area contributed by atoms with Crippen molar-refractivity contribution in [3.05, 3.63) is 0 Å². The lowest BCUT2D eigenvalue weighted by molar-refractivity contribution is 0.137. The van der Waals surface area contributed by atoms with E-state index in [0.717, 1.165) is 24.4 Å². The molecule has 1 saturated heterocycles. The molecule has 84 valence electrons. The van der Waals surface area contributed by atoms with Crippen LogP contribution in [0.2, 0.25) is 0 Å². The van der Waals surface area contributed by atoms with Crippen LogP contribution >= 0.6 is 11.8 Å². The van der Waals surface area contributed by atoms with Crippen molar-refractivity contribution >= 4 is 11.8 Å². The smallest absolute Gasteiger partial charge is 0.0479 e. The number of thioether (sulfide) groups is 1. The van der Waals surface area contributed by atoms with Crippen molar-refractivity contribution in [3.63, 3.8) is 0 Å². The van der Waals surface area contributed by atoms with Crippen LogP contribution in [0, 0.1) is 5.92 Å². The van der Waals surface area contributed by atoms with Gasteiger partial charge in [0.1, 0.15) is 0 Å². The second kappa shape index (κ2) is 5.41. The molecule has 14 heavy (non-hydrogen) atoms. The number of rotatable bonds is 5. The molecule has 0 saturated carbocycles. The zero-order chi connectivity index (χ0) is 10.6. The molecule has 0 amide bonds. The van der Waals surface area contributed by atoms with Crippen molar-refractivity contribution in [1.29, 1.82) is 0 Å². The average molecular weight is 216 g/mol. The molecule has 1 aliphatic rings. The maximum atomic E-state index is 5.44. The Morgan fingerprint density at radius 1 is 1.50 bits per heavy atom. The molecule has 2 heteroatoms. The van der Waals surface area contributed by atoms with E-state index in [1.807, 2.05) is 0 Å². The second-order valence-electron chi connectivity index (χ2n) is 4.84. The van der Waals surface area contributed by atoms with Gasteiger partial charge in [-0.25, -0.2) is 0 Å². The van der Waals surface area contributed by atoms with Crippen LogP contribution in [0.1, 0.15) is 47.0 Å². The van der Waals surface area contributed by atoms with E-state index in [1.54, 1.807) is 0 Å². The van der Waals surface area contributed by atoms with Gasteiger partial charge in [-0.15, -0.1) is 0 Å². The summed E-state index contributed by atoms with van der Waals surface area (Å²) in [5.74, 6) is 0.828. The Hall–Kier alpha value is 0.310. The van der Waals surface area contributed by atoms with Gasteiger partial charge in [-0.2, -0.15) is 11.8 Å². The van der Waals surface area contributed by atoms with Crippen molar-refractivity contribution in [2.75, 3.05) is 13.2 Å². The van der Waals surface area contributed by atoms with Crippen molar-refractivity contribution in [1.82, 2.24) is 0 Å². The van der Waals surface area contributed by atoms with E-state index in [1.165, 1.54) is 19.3 Å². The Bertz CT molecular complexity index is 170. The van der Waals surface area contributed by atoms with Crippen LogP contribution in [0.5, 0.6) is 0 Å². The van der Waals surface area contributed by atoms with E-state index in [2.05, 4.69) is 39.5 Å². The molecular formula is C12H24OS. The normalized spacial score (nSPS) is 32.8. The highest BCUT2D eigenvalue weighted by atomic mass is 32.2. The first-order valence-electron chi connectivity index (χ1n) is 5.83. The van der Waals surface area contributed by atoms with E-state index < -0.39 is 0 Å². The Balaban J connectivity index is 2.30. The van der Waals surface area contributed by atoms with Gasteiger partial charge in [-0.3, -0.25) is 0 Å². The largest absolute Gasteiger partial charge is 0.382 e. The first kappa shape index (κ1) is 12.4. The van der Waals surface area contributed by atoms with Gasteiger partial charge in [0, 0.05) is 23.2 Å². The standard InChI is InChI=1S/C12H24OS/c1-5-13-9-8-12(4)7-6-11(14-12)10(2)3/h10-11H,5-9H2,1-4H3. The van der Waals surface area contributed by atoms with Gasteiger partial charge in [0.25, 0.3) is 0 Å². The Morgan fingerprint density at radius 2 is 2.21 bits per heavy atom. The topological polar surface area (TPSA) is 9.23 Å². The summed E-state index contributed by atoms with van der Waals surface area (Å²) in [6.45, 7) is 10.9. The lowest BCUT2D eigenvalue weighted by Crippen LogP contribution is -2.19. The maximum absolute atomic E-state index is 5.44.